The SMILES string of the molecule is CCc1c(C(=O)CN2CCN(S(=O)(=O)c3cccc(F)c3)CC2)[nH]c(C)c1C(C)=O. The zero-order valence-electron chi connectivity index (χ0n) is 17.4. The molecule has 1 aromatic carbocycles. The molecular weight excluding hydrogens is 409 g/mol. The first-order valence-electron chi connectivity index (χ1n) is 9.88. The predicted octanol–water partition coefficient (Wildman–Crippen LogP) is 2.42. The molecule has 0 radical (unpaired) electrons. The van der Waals surface area contributed by atoms with Crippen molar-refractivity contribution in [3.63, 3.8) is 0 Å². The Morgan fingerprint density at radius 3 is 2.40 bits per heavy atom. The number of carbonyl (C=O) groups excluding carboxylic acids is 2. The molecular formula is C21H26FN3O4S. The Labute approximate surface area is 175 Å². The average molecular weight is 436 g/mol. The highest BCUT2D eigenvalue weighted by Crippen LogP contribution is 2.22. The molecule has 0 atom stereocenters. The molecule has 2 heterocycles. The highest BCUT2D eigenvalue weighted by Gasteiger charge is 2.30. The molecule has 162 valence electrons. The Hall–Kier alpha value is -2.36. The number of aromatic nitrogens is 1. The number of carbonyl (C=O) groups is 2. The van der Waals surface area contributed by atoms with Crippen LogP contribution < -0.4 is 0 Å². The van der Waals surface area contributed by atoms with Crippen molar-refractivity contribution in [2.24, 2.45) is 0 Å². The van der Waals surface area contributed by atoms with Gasteiger partial charge in [-0.15, -0.1) is 0 Å². The van der Waals surface area contributed by atoms with E-state index < -0.39 is 15.8 Å². The third kappa shape index (κ3) is 4.38. The highest BCUT2D eigenvalue weighted by molar-refractivity contribution is 7.89. The topological polar surface area (TPSA) is 90.6 Å². The number of hydrogen-bond donors (Lipinski definition) is 1. The maximum atomic E-state index is 13.4. The number of aromatic amines is 1. The van der Waals surface area contributed by atoms with Gasteiger partial charge in [0.1, 0.15) is 5.82 Å². The lowest BCUT2D eigenvalue weighted by atomic mass is 10.0. The van der Waals surface area contributed by atoms with E-state index in [0.717, 1.165) is 11.6 Å². The summed E-state index contributed by atoms with van der Waals surface area (Å²) in [6.07, 6.45) is 0.569. The lowest BCUT2D eigenvalue weighted by Gasteiger charge is -2.33. The van der Waals surface area contributed by atoms with Crippen LogP contribution in [0.1, 0.15) is 46.0 Å². The van der Waals surface area contributed by atoms with Crippen molar-refractivity contribution in [2.45, 2.75) is 32.1 Å². The number of nitrogens with zero attached hydrogens (tertiary/aromatic N) is 2. The largest absolute Gasteiger partial charge is 0.355 e. The summed E-state index contributed by atoms with van der Waals surface area (Å²) in [5.74, 6) is -0.794. The molecule has 1 aliphatic rings. The summed E-state index contributed by atoms with van der Waals surface area (Å²) in [7, 11) is -3.77. The van der Waals surface area contributed by atoms with E-state index in [4.69, 9.17) is 0 Å². The van der Waals surface area contributed by atoms with Gasteiger partial charge in [-0.1, -0.05) is 13.0 Å². The van der Waals surface area contributed by atoms with E-state index in [0.29, 0.717) is 36.5 Å². The molecule has 30 heavy (non-hydrogen) atoms. The summed E-state index contributed by atoms with van der Waals surface area (Å²) in [6.45, 7) is 6.52. The third-order valence-electron chi connectivity index (χ3n) is 5.41. The van der Waals surface area contributed by atoms with E-state index in [-0.39, 0.29) is 36.1 Å². The van der Waals surface area contributed by atoms with Gasteiger partial charge in [0.15, 0.2) is 11.6 Å². The number of nitrogens with one attached hydrogen (secondary N) is 1. The highest BCUT2D eigenvalue weighted by atomic mass is 32.2. The fraction of sp³-hybridized carbons (Fsp3) is 0.429. The number of piperazine rings is 1. The van der Waals surface area contributed by atoms with Crippen molar-refractivity contribution in [2.75, 3.05) is 32.7 Å². The van der Waals surface area contributed by atoms with Crippen LogP contribution in [0.2, 0.25) is 0 Å². The fourth-order valence-electron chi connectivity index (χ4n) is 3.93. The minimum absolute atomic E-state index is 0.0711. The van der Waals surface area contributed by atoms with Gasteiger partial charge in [-0.2, -0.15) is 4.31 Å². The zero-order chi connectivity index (χ0) is 22.1. The van der Waals surface area contributed by atoms with Crippen molar-refractivity contribution in [1.82, 2.24) is 14.2 Å². The number of Topliss-reactive ketones (excluding diaryl/α,β-unsaturated/α-hetero) is 2. The van der Waals surface area contributed by atoms with E-state index in [2.05, 4.69) is 4.98 Å². The Kier molecular flexibility index (Phi) is 6.54. The first-order valence-corrected chi connectivity index (χ1v) is 11.3. The lowest BCUT2D eigenvalue weighted by molar-refractivity contribution is 0.0896. The van der Waals surface area contributed by atoms with Gasteiger partial charge < -0.3 is 4.98 Å². The Bertz CT molecular complexity index is 1070. The number of sulfonamides is 1. The van der Waals surface area contributed by atoms with Crippen molar-refractivity contribution in [1.29, 1.82) is 0 Å². The second kappa shape index (κ2) is 8.79. The molecule has 0 aliphatic carbocycles. The molecule has 0 unspecified atom stereocenters. The number of halogens is 1. The molecule has 1 aliphatic heterocycles. The van der Waals surface area contributed by atoms with Crippen LogP contribution >= 0.6 is 0 Å². The van der Waals surface area contributed by atoms with Crippen molar-refractivity contribution >= 4 is 21.6 Å². The van der Waals surface area contributed by atoms with Crippen LogP contribution in [0.25, 0.3) is 0 Å². The summed E-state index contributed by atoms with van der Waals surface area (Å²) in [4.78, 5) is 29.6. The molecule has 0 spiro atoms. The Balaban J connectivity index is 1.67. The predicted molar refractivity (Wildman–Crippen MR) is 111 cm³/mol. The summed E-state index contributed by atoms with van der Waals surface area (Å²) in [6, 6.07) is 4.96. The van der Waals surface area contributed by atoms with Gasteiger partial charge in [0.2, 0.25) is 10.0 Å². The van der Waals surface area contributed by atoms with Gasteiger partial charge in [-0.25, -0.2) is 12.8 Å². The molecule has 7 nitrogen and oxygen atoms in total. The van der Waals surface area contributed by atoms with Gasteiger partial charge >= 0.3 is 0 Å². The van der Waals surface area contributed by atoms with Crippen LogP contribution in [0.3, 0.4) is 0 Å². The number of H-pyrrole nitrogens is 1. The second-order valence-corrected chi connectivity index (χ2v) is 9.39. The smallest absolute Gasteiger partial charge is 0.243 e. The summed E-state index contributed by atoms with van der Waals surface area (Å²) >= 11 is 0. The van der Waals surface area contributed by atoms with E-state index in [1.807, 2.05) is 11.8 Å². The number of hydrogen-bond acceptors (Lipinski definition) is 5. The molecule has 0 saturated carbocycles. The van der Waals surface area contributed by atoms with E-state index in [1.165, 1.54) is 29.4 Å². The number of rotatable bonds is 7. The maximum Gasteiger partial charge on any atom is 0.243 e. The monoisotopic (exact) mass is 435 g/mol. The van der Waals surface area contributed by atoms with Crippen LogP contribution in [-0.2, 0) is 16.4 Å². The molecule has 2 aromatic rings. The van der Waals surface area contributed by atoms with E-state index in [1.54, 1.807) is 6.92 Å². The van der Waals surface area contributed by atoms with Crippen LogP contribution in [0.15, 0.2) is 29.2 Å². The number of aryl methyl sites for hydroxylation is 1. The molecule has 1 aromatic heterocycles. The second-order valence-electron chi connectivity index (χ2n) is 7.45. The van der Waals surface area contributed by atoms with Crippen LogP contribution in [0.4, 0.5) is 4.39 Å². The average Bonchev–Trinajstić information content (AvgIpc) is 3.05. The van der Waals surface area contributed by atoms with Gasteiger partial charge in [0, 0.05) is 37.4 Å². The van der Waals surface area contributed by atoms with Crippen LogP contribution in [0.5, 0.6) is 0 Å². The minimum atomic E-state index is -3.77. The normalized spacial score (nSPS) is 16.0. The summed E-state index contributed by atoms with van der Waals surface area (Å²) in [5, 5.41) is 0. The number of ketones is 2. The van der Waals surface area contributed by atoms with Crippen molar-refractivity contribution < 1.29 is 22.4 Å². The standard InChI is InChI=1S/C21H26FN3O4S/c1-4-18-20(15(3)26)14(2)23-21(18)19(27)13-24-8-10-25(11-9-24)30(28,29)17-7-5-6-16(22)12-17/h5-7,12,23H,4,8-11,13H2,1-3H3. The summed E-state index contributed by atoms with van der Waals surface area (Å²) < 4.78 is 40.2. The van der Waals surface area contributed by atoms with Crippen LogP contribution in [-0.4, -0.2) is 66.9 Å². The van der Waals surface area contributed by atoms with Crippen molar-refractivity contribution in [3.05, 3.63) is 52.6 Å². The Morgan fingerprint density at radius 1 is 1.17 bits per heavy atom. The first-order chi connectivity index (χ1) is 14.1. The number of benzene rings is 1. The van der Waals surface area contributed by atoms with Gasteiger partial charge in [0.25, 0.3) is 0 Å². The molecule has 0 bridgehead atoms. The zero-order valence-corrected chi connectivity index (χ0v) is 18.2. The molecule has 0 amide bonds. The van der Waals surface area contributed by atoms with Crippen LogP contribution in [0, 0.1) is 12.7 Å². The molecule has 1 saturated heterocycles. The lowest BCUT2D eigenvalue weighted by Crippen LogP contribution is -2.49. The van der Waals surface area contributed by atoms with E-state index >= 15 is 0 Å². The molecule has 3 rings (SSSR count). The molecule has 1 N–H and O–H groups in total. The molecule has 9 heteroatoms. The first kappa shape index (κ1) is 22.3. The Morgan fingerprint density at radius 2 is 1.83 bits per heavy atom. The fourth-order valence-corrected chi connectivity index (χ4v) is 5.39. The maximum absolute atomic E-state index is 13.4. The van der Waals surface area contributed by atoms with Gasteiger partial charge in [-0.3, -0.25) is 14.5 Å². The third-order valence-corrected chi connectivity index (χ3v) is 7.30. The molecule has 1 fully saturated rings. The van der Waals surface area contributed by atoms with Crippen molar-refractivity contribution in [3.8, 4) is 0 Å². The minimum Gasteiger partial charge on any atom is -0.355 e. The van der Waals surface area contributed by atoms with Gasteiger partial charge in [-0.05, 0) is 44.0 Å². The van der Waals surface area contributed by atoms with Gasteiger partial charge in [0.05, 0.1) is 17.1 Å². The summed E-state index contributed by atoms with van der Waals surface area (Å²) in [5.41, 5.74) is 2.45. The van der Waals surface area contributed by atoms with E-state index in [9.17, 15) is 22.4 Å². The quantitative estimate of drug-likeness (QED) is 0.675.